The van der Waals surface area contributed by atoms with Gasteiger partial charge in [-0.2, -0.15) is 0 Å². The Balaban J connectivity index is 2.26. The fraction of sp³-hybridized carbons (Fsp3) is 0.133. The number of hydrogen-bond acceptors (Lipinski definition) is 3. The van der Waals surface area contributed by atoms with E-state index >= 15 is 0 Å². The Morgan fingerprint density at radius 2 is 1.90 bits per heavy atom. The third-order valence-corrected chi connectivity index (χ3v) is 3.37. The van der Waals surface area contributed by atoms with Crippen molar-refractivity contribution in [3.05, 3.63) is 58.1 Å². The van der Waals surface area contributed by atoms with E-state index in [0.717, 1.165) is 0 Å². The number of carboxylic acids is 1. The molecule has 0 aliphatic carbocycles. The summed E-state index contributed by atoms with van der Waals surface area (Å²) in [6, 6.07) is 11.0. The third-order valence-electron chi connectivity index (χ3n) is 2.84. The zero-order valence-corrected chi connectivity index (χ0v) is 12.4. The second kappa shape index (κ2) is 6.80. The van der Waals surface area contributed by atoms with Gasteiger partial charge in [-0.3, -0.25) is 4.79 Å². The zero-order chi connectivity index (χ0) is 15.4. The molecule has 1 atom stereocenters. The van der Waals surface area contributed by atoms with Crippen LogP contribution in [0.5, 0.6) is 11.5 Å². The van der Waals surface area contributed by atoms with Gasteiger partial charge in [0, 0.05) is 11.4 Å². The molecular formula is C15H13Cl2NO3. The monoisotopic (exact) mass is 325 g/mol. The minimum atomic E-state index is -1.06. The number of benzene rings is 2. The van der Waals surface area contributed by atoms with Crippen molar-refractivity contribution in [2.75, 3.05) is 0 Å². The van der Waals surface area contributed by atoms with E-state index in [4.69, 9.17) is 38.8 Å². The van der Waals surface area contributed by atoms with Crippen LogP contribution in [-0.2, 0) is 11.2 Å². The first-order chi connectivity index (χ1) is 9.97. The Bertz CT molecular complexity index is 661. The van der Waals surface area contributed by atoms with Crippen LogP contribution in [0.1, 0.15) is 5.56 Å². The number of carboxylic acid groups (broad SMARTS) is 1. The largest absolute Gasteiger partial charge is 0.480 e. The lowest BCUT2D eigenvalue weighted by Crippen LogP contribution is -2.32. The van der Waals surface area contributed by atoms with Crippen molar-refractivity contribution < 1.29 is 14.6 Å². The normalized spacial score (nSPS) is 12.0. The van der Waals surface area contributed by atoms with Crippen LogP contribution in [0, 0.1) is 0 Å². The van der Waals surface area contributed by atoms with Gasteiger partial charge < -0.3 is 15.6 Å². The van der Waals surface area contributed by atoms with Gasteiger partial charge >= 0.3 is 5.97 Å². The Morgan fingerprint density at radius 1 is 1.19 bits per heavy atom. The molecule has 0 saturated heterocycles. The standard InChI is InChI=1S/C15H13Cl2NO3/c16-10-5-6-14(11(17)8-10)21-13-4-2-1-3-9(13)7-12(18)15(19)20/h1-6,8,12H,7,18H2,(H,19,20). The topological polar surface area (TPSA) is 72.5 Å². The minimum absolute atomic E-state index is 0.163. The van der Waals surface area contributed by atoms with E-state index in [1.165, 1.54) is 0 Å². The van der Waals surface area contributed by atoms with Crippen LogP contribution in [0.3, 0.4) is 0 Å². The van der Waals surface area contributed by atoms with E-state index in [-0.39, 0.29) is 6.42 Å². The van der Waals surface area contributed by atoms with Crippen molar-refractivity contribution >= 4 is 29.2 Å². The molecule has 0 aromatic heterocycles. The van der Waals surface area contributed by atoms with Crippen molar-refractivity contribution in [1.82, 2.24) is 0 Å². The summed E-state index contributed by atoms with van der Waals surface area (Å²) >= 11 is 11.9. The molecule has 0 aliphatic heterocycles. The third kappa shape index (κ3) is 4.11. The first-order valence-corrected chi connectivity index (χ1v) is 6.92. The Hall–Kier alpha value is -1.75. The van der Waals surface area contributed by atoms with E-state index in [0.29, 0.717) is 27.1 Å². The van der Waals surface area contributed by atoms with Crippen LogP contribution in [-0.4, -0.2) is 17.1 Å². The average molecular weight is 326 g/mol. The summed E-state index contributed by atoms with van der Waals surface area (Å²) in [4.78, 5) is 10.9. The molecule has 0 spiro atoms. The van der Waals surface area contributed by atoms with Crippen molar-refractivity contribution in [1.29, 1.82) is 0 Å². The molecule has 0 aliphatic rings. The van der Waals surface area contributed by atoms with Gasteiger partial charge in [-0.15, -0.1) is 0 Å². The SMILES string of the molecule is NC(Cc1ccccc1Oc1ccc(Cl)cc1Cl)C(=O)O. The highest BCUT2D eigenvalue weighted by Crippen LogP contribution is 2.33. The molecule has 1 unspecified atom stereocenters. The molecule has 0 amide bonds. The van der Waals surface area contributed by atoms with Crippen molar-refractivity contribution in [3.63, 3.8) is 0 Å². The second-order valence-corrected chi connectivity index (χ2v) is 5.28. The Morgan fingerprint density at radius 3 is 2.57 bits per heavy atom. The highest BCUT2D eigenvalue weighted by molar-refractivity contribution is 6.35. The summed E-state index contributed by atoms with van der Waals surface area (Å²) in [5, 5.41) is 9.78. The van der Waals surface area contributed by atoms with Gasteiger partial charge in [0.1, 0.15) is 17.5 Å². The van der Waals surface area contributed by atoms with E-state index in [1.807, 2.05) is 0 Å². The van der Waals surface area contributed by atoms with Gasteiger partial charge in [0.15, 0.2) is 0 Å². The zero-order valence-electron chi connectivity index (χ0n) is 10.9. The van der Waals surface area contributed by atoms with Gasteiger partial charge in [-0.05, 0) is 29.8 Å². The lowest BCUT2D eigenvalue weighted by Gasteiger charge is -2.13. The molecule has 6 heteroatoms. The van der Waals surface area contributed by atoms with E-state index in [1.54, 1.807) is 42.5 Å². The first kappa shape index (κ1) is 15.6. The Labute approximate surface area is 132 Å². The van der Waals surface area contributed by atoms with Crippen molar-refractivity contribution in [2.45, 2.75) is 12.5 Å². The van der Waals surface area contributed by atoms with E-state index < -0.39 is 12.0 Å². The van der Waals surface area contributed by atoms with Gasteiger partial charge in [0.2, 0.25) is 0 Å². The van der Waals surface area contributed by atoms with Crippen LogP contribution < -0.4 is 10.5 Å². The summed E-state index contributed by atoms with van der Waals surface area (Å²) in [5.41, 5.74) is 6.25. The molecule has 2 aromatic rings. The predicted molar refractivity (Wildman–Crippen MR) is 82.3 cm³/mol. The molecule has 0 radical (unpaired) electrons. The highest BCUT2D eigenvalue weighted by atomic mass is 35.5. The molecular weight excluding hydrogens is 313 g/mol. The summed E-state index contributed by atoms with van der Waals surface area (Å²) in [5.74, 6) is -0.106. The number of para-hydroxylation sites is 1. The first-order valence-electron chi connectivity index (χ1n) is 6.16. The predicted octanol–water partition coefficient (Wildman–Crippen LogP) is 3.74. The summed E-state index contributed by atoms with van der Waals surface area (Å²) < 4.78 is 5.74. The molecule has 0 fully saturated rings. The molecule has 0 bridgehead atoms. The van der Waals surface area contributed by atoms with Crippen LogP contribution in [0.2, 0.25) is 10.0 Å². The van der Waals surface area contributed by atoms with Crippen LogP contribution in [0.4, 0.5) is 0 Å². The second-order valence-electron chi connectivity index (χ2n) is 4.43. The lowest BCUT2D eigenvalue weighted by atomic mass is 10.1. The fourth-order valence-electron chi connectivity index (χ4n) is 1.77. The van der Waals surface area contributed by atoms with Crippen molar-refractivity contribution in [2.24, 2.45) is 5.73 Å². The van der Waals surface area contributed by atoms with Crippen LogP contribution in [0.25, 0.3) is 0 Å². The number of carbonyl (C=O) groups is 1. The molecule has 0 saturated carbocycles. The molecule has 0 heterocycles. The molecule has 21 heavy (non-hydrogen) atoms. The van der Waals surface area contributed by atoms with E-state index in [2.05, 4.69) is 0 Å². The molecule has 4 nitrogen and oxygen atoms in total. The van der Waals surface area contributed by atoms with Gasteiger partial charge in [0.05, 0.1) is 5.02 Å². The Kier molecular flexibility index (Phi) is 5.07. The molecule has 2 rings (SSSR count). The maximum atomic E-state index is 10.9. The number of halogens is 2. The average Bonchev–Trinajstić information content (AvgIpc) is 2.43. The highest BCUT2D eigenvalue weighted by Gasteiger charge is 2.15. The maximum Gasteiger partial charge on any atom is 0.320 e. The summed E-state index contributed by atoms with van der Waals surface area (Å²) in [6.07, 6.45) is 0.163. The van der Waals surface area contributed by atoms with Crippen LogP contribution >= 0.6 is 23.2 Å². The van der Waals surface area contributed by atoms with Gasteiger partial charge in [0.25, 0.3) is 0 Å². The van der Waals surface area contributed by atoms with Gasteiger partial charge in [-0.1, -0.05) is 41.4 Å². The number of nitrogens with two attached hydrogens (primary N) is 1. The minimum Gasteiger partial charge on any atom is -0.480 e. The fourth-order valence-corrected chi connectivity index (χ4v) is 2.22. The summed E-state index contributed by atoms with van der Waals surface area (Å²) in [7, 11) is 0. The molecule has 2 aromatic carbocycles. The molecule has 3 N–H and O–H groups in total. The maximum absolute atomic E-state index is 10.9. The molecule has 110 valence electrons. The summed E-state index contributed by atoms with van der Waals surface area (Å²) in [6.45, 7) is 0. The van der Waals surface area contributed by atoms with Gasteiger partial charge in [-0.25, -0.2) is 0 Å². The van der Waals surface area contributed by atoms with Crippen LogP contribution in [0.15, 0.2) is 42.5 Å². The van der Waals surface area contributed by atoms with E-state index in [9.17, 15) is 4.79 Å². The van der Waals surface area contributed by atoms with Crippen molar-refractivity contribution in [3.8, 4) is 11.5 Å². The number of aliphatic carboxylic acids is 1. The number of ether oxygens (including phenoxy) is 1. The number of rotatable bonds is 5. The number of hydrogen-bond donors (Lipinski definition) is 2. The smallest absolute Gasteiger partial charge is 0.320 e. The quantitative estimate of drug-likeness (QED) is 0.878. The lowest BCUT2D eigenvalue weighted by molar-refractivity contribution is -0.138.